The SMILES string of the molecule is Cn1cc2ncnc-2n(N)c1=O.NC1=NC(N)=NCC1. The molecule has 106 valence electrons. The molecule has 3 rings (SSSR count). The highest BCUT2D eigenvalue weighted by Gasteiger charge is 2.11. The van der Waals surface area contributed by atoms with Crippen molar-refractivity contribution in [3.8, 4) is 11.5 Å². The summed E-state index contributed by atoms with van der Waals surface area (Å²) >= 11 is 0. The molecule has 6 N–H and O–H groups in total. The maximum Gasteiger partial charge on any atom is 0.348 e. The van der Waals surface area contributed by atoms with Gasteiger partial charge in [-0.05, 0) is 0 Å². The molecule has 3 heterocycles. The predicted molar refractivity (Wildman–Crippen MR) is 74.8 cm³/mol. The van der Waals surface area contributed by atoms with Gasteiger partial charge in [0, 0.05) is 26.2 Å². The Kier molecular flexibility index (Phi) is 3.64. The fraction of sp³-hybridized carbons (Fsp3) is 0.300. The minimum Gasteiger partial charge on any atom is -0.387 e. The Morgan fingerprint density at radius 3 is 2.65 bits per heavy atom. The topological polar surface area (TPSA) is 155 Å². The quantitative estimate of drug-likeness (QED) is 0.466. The molecule has 0 radical (unpaired) electrons. The smallest absolute Gasteiger partial charge is 0.348 e. The van der Waals surface area contributed by atoms with Crippen molar-refractivity contribution >= 4 is 11.8 Å². The zero-order valence-corrected chi connectivity index (χ0v) is 10.9. The number of hydrogen-bond acceptors (Lipinski definition) is 8. The summed E-state index contributed by atoms with van der Waals surface area (Å²) in [5.41, 5.74) is 10.8. The second-order valence-corrected chi connectivity index (χ2v) is 4.07. The number of hydrogen-bond donors (Lipinski definition) is 3. The van der Waals surface area contributed by atoms with Gasteiger partial charge in [-0.1, -0.05) is 0 Å². The van der Waals surface area contributed by atoms with Gasteiger partial charge < -0.3 is 17.3 Å². The lowest BCUT2D eigenvalue weighted by atomic mass is 10.4. The predicted octanol–water partition coefficient (Wildman–Crippen LogP) is -2.14. The fourth-order valence-electron chi connectivity index (χ4n) is 1.57. The highest BCUT2D eigenvalue weighted by molar-refractivity contribution is 5.96. The molecule has 3 aliphatic rings. The van der Waals surface area contributed by atoms with Crippen LogP contribution in [0.25, 0.3) is 11.5 Å². The van der Waals surface area contributed by atoms with E-state index < -0.39 is 0 Å². The summed E-state index contributed by atoms with van der Waals surface area (Å²) in [6, 6.07) is 0. The van der Waals surface area contributed by atoms with Crippen molar-refractivity contribution in [3.63, 3.8) is 0 Å². The highest BCUT2D eigenvalue weighted by Crippen LogP contribution is 2.10. The van der Waals surface area contributed by atoms with Crippen molar-refractivity contribution in [2.45, 2.75) is 6.42 Å². The Morgan fingerprint density at radius 2 is 2.05 bits per heavy atom. The van der Waals surface area contributed by atoms with E-state index >= 15 is 0 Å². The molecule has 0 aromatic rings. The van der Waals surface area contributed by atoms with E-state index in [9.17, 15) is 4.79 Å². The summed E-state index contributed by atoms with van der Waals surface area (Å²) in [6.45, 7) is 0.682. The number of aliphatic imine (C=N–C) groups is 2. The standard InChI is InChI=1S/C6H7N5O.C4H8N4/c1-10-2-4-5(9-3-8-4)11(7)6(10)12;5-3-1-2-7-4(6)8-3/h2-3H,7H2,1H3;1-2H2,(H4,5,6,7,8). The molecular weight excluding hydrogens is 262 g/mol. The van der Waals surface area contributed by atoms with Crippen LogP contribution in [0.5, 0.6) is 0 Å². The first-order valence-electron chi connectivity index (χ1n) is 5.76. The largest absolute Gasteiger partial charge is 0.387 e. The van der Waals surface area contributed by atoms with Crippen LogP contribution in [0.2, 0.25) is 0 Å². The molecule has 3 aliphatic heterocycles. The van der Waals surface area contributed by atoms with Gasteiger partial charge >= 0.3 is 5.69 Å². The first kappa shape index (κ1) is 13.5. The van der Waals surface area contributed by atoms with Crippen molar-refractivity contribution in [3.05, 3.63) is 23.0 Å². The van der Waals surface area contributed by atoms with Gasteiger partial charge in [0.2, 0.25) is 5.96 Å². The normalized spacial score (nSPS) is 14.2. The molecule has 0 aliphatic carbocycles. The number of fused-ring (bicyclic) bond motifs is 1. The second kappa shape index (κ2) is 5.38. The van der Waals surface area contributed by atoms with Crippen molar-refractivity contribution in [1.29, 1.82) is 0 Å². The van der Waals surface area contributed by atoms with Crippen molar-refractivity contribution in [2.24, 2.45) is 28.5 Å². The number of guanidine groups is 1. The lowest BCUT2D eigenvalue weighted by Crippen LogP contribution is -2.35. The van der Waals surface area contributed by atoms with E-state index in [2.05, 4.69) is 20.0 Å². The second-order valence-electron chi connectivity index (χ2n) is 4.07. The number of nitrogen functional groups attached to an aromatic ring is 1. The van der Waals surface area contributed by atoms with Crippen LogP contribution in [-0.2, 0) is 7.05 Å². The Balaban J connectivity index is 0.000000160. The Morgan fingerprint density at radius 1 is 1.30 bits per heavy atom. The van der Waals surface area contributed by atoms with E-state index in [0.29, 0.717) is 29.9 Å². The number of nitrogens with two attached hydrogens (primary N) is 3. The third kappa shape index (κ3) is 2.74. The van der Waals surface area contributed by atoms with Gasteiger partial charge in [0.15, 0.2) is 5.82 Å². The molecule has 0 aromatic carbocycles. The third-order valence-electron chi connectivity index (χ3n) is 2.56. The third-order valence-corrected chi connectivity index (χ3v) is 2.56. The van der Waals surface area contributed by atoms with E-state index in [1.165, 1.54) is 10.9 Å². The van der Waals surface area contributed by atoms with E-state index in [0.717, 1.165) is 11.1 Å². The molecule has 0 amide bonds. The number of amidine groups is 1. The van der Waals surface area contributed by atoms with Gasteiger partial charge in [0.1, 0.15) is 17.9 Å². The molecule has 0 fully saturated rings. The van der Waals surface area contributed by atoms with E-state index in [4.69, 9.17) is 17.3 Å². The summed E-state index contributed by atoms with van der Waals surface area (Å²) in [7, 11) is 1.61. The first-order valence-corrected chi connectivity index (χ1v) is 5.76. The highest BCUT2D eigenvalue weighted by atomic mass is 16.2. The van der Waals surface area contributed by atoms with Crippen LogP contribution in [0.1, 0.15) is 6.42 Å². The van der Waals surface area contributed by atoms with Crippen LogP contribution in [-0.4, -0.2) is 37.6 Å². The zero-order valence-electron chi connectivity index (χ0n) is 10.9. The average molecular weight is 277 g/mol. The lowest BCUT2D eigenvalue weighted by molar-refractivity contribution is 0.732. The summed E-state index contributed by atoms with van der Waals surface area (Å²) in [5, 5.41) is 0. The van der Waals surface area contributed by atoms with Crippen LogP contribution < -0.4 is 23.0 Å². The molecule has 0 unspecified atom stereocenters. The summed E-state index contributed by atoms with van der Waals surface area (Å²) in [5.74, 6) is 6.73. The minimum absolute atomic E-state index is 0.300. The van der Waals surface area contributed by atoms with Crippen LogP contribution in [0.15, 0.2) is 27.3 Å². The van der Waals surface area contributed by atoms with Crippen molar-refractivity contribution < 1.29 is 0 Å². The maximum absolute atomic E-state index is 11.2. The first-order chi connectivity index (χ1) is 9.49. The van der Waals surface area contributed by atoms with Crippen molar-refractivity contribution in [1.82, 2.24) is 19.2 Å². The molecule has 0 saturated carbocycles. The Labute approximate surface area is 114 Å². The number of rotatable bonds is 0. The van der Waals surface area contributed by atoms with Crippen LogP contribution in [0.3, 0.4) is 0 Å². The Bertz CT molecular complexity index is 695. The number of aryl methyl sites for hydroxylation is 1. The molecule has 0 bridgehead atoms. The van der Waals surface area contributed by atoms with Gasteiger partial charge in [0.25, 0.3) is 0 Å². The van der Waals surface area contributed by atoms with Crippen LogP contribution in [0, 0.1) is 0 Å². The molecule has 20 heavy (non-hydrogen) atoms. The number of aromatic nitrogens is 4. The van der Waals surface area contributed by atoms with Gasteiger partial charge in [-0.15, -0.1) is 0 Å². The van der Waals surface area contributed by atoms with Crippen molar-refractivity contribution in [2.75, 3.05) is 12.4 Å². The van der Waals surface area contributed by atoms with Gasteiger partial charge in [0.05, 0.1) is 0 Å². The fourth-order valence-corrected chi connectivity index (χ4v) is 1.57. The molecule has 0 aromatic heterocycles. The summed E-state index contributed by atoms with van der Waals surface area (Å²) in [6.07, 6.45) is 3.70. The average Bonchev–Trinajstić information content (AvgIpc) is 2.85. The molecule has 0 saturated heterocycles. The van der Waals surface area contributed by atoms with Crippen LogP contribution >= 0.6 is 0 Å². The van der Waals surface area contributed by atoms with E-state index in [1.807, 2.05) is 0 Å². The monoisotopic (exact) mass is 277 g/mol. The number of nitrogens with zero attached hydrogens (tertiary/aromatic N) is 6. The number of imidazole rings is 1. The van der Waals surface area contributed by atoms with E-state index in [1.54, 1.807) is 13.2 Å². The summed E-state index contributed by atoms with van der Waals surface area (Å²) in [4.78, 5) is 26.5. The zero-order chi connectivity index (χ0) is 14.7. The molecular formula is C10H15N9O. The molecule has 10 heteroatoms. The Hall–Kier alpha value is -2.91. The molecule has 0 spiro atoms. The minimum atomic E-state index is -0.317. The van der Waals surface area contributed by atoms with E-state index in [-0.39, 0.29) is 5.69 Å². The molecule has 10 nitrogen and oxygen atoms in total. The summed E-state index contributed by atoms with van der Waals surface area (Å²) < 4.78 is 2.33. The lowest BCUT2D eigenvalue weighted by Gasteiger charge is -2.05. The maximum atomic E-state index is 11.2. The van der Waals surface area contributed by atoms with Crippen LogP contribution in [0.4, 0.5) is 0 Å². The van der Waals surface area contributed by atoms with Gasteiger partial charge in [-0.3, -0.25) is 9.56 Å². The van der Waals surface area contributed by atoms with Gasteiger partial charge in [-0.25, -0.2) is 19.8 Å². The van der Waals surface area contributed by atoms with Gasteiger partial charge in [-0.2, -0.15) is 4.68 Å². The molecule has 0 atom stereocenters.